The Morgan fingerprint density at radius 1 is 1.19 bits per heavy atom. The first-order valence-electron chi connectivity index (χ1n) is 11.2. The molecule has 12 nitrogen and oxygen atoms in total. The molecule has 1 aliphatic rings. The number of rotatable bonds is 9. The number of hydrogen-bond donors (Lipinski definition) is 2. The van der Waals surface area contributed by atoms with Crippen molar-refractivity contribution >= 4 is 40.8 Å². The highest BCUT2D eigenvalue weighted by Gasteiger charge is 2.49. The van der Waals surface area contributed by atoms with Gasteiger partial charge in [0, 0.05) is 25.9 Å². The van der Waals surface area contributed by atoms with Crippen LogP contribution in [0.1, 0.15) is 25.6 Å². The molecule has 13 heteroatoms. The van der Waals surface area contributed by atoms with Gasteiger partial charge in [-0.15, -0.1) is 11.8 Å². The Morgan fingerprint density at radius 3 is 2.61 bits per heavy atom. The lowest BCUT2D eigenvalue weighted by Crippen LogP contribution is -2.39. The Morgan fingerprint density at radius 2 is 1.94 bits per heavy atom. The van der Waals surface area contributed by atoms with E-state index in [1.165, 1.54) is 32.8 Å². The van der Waals surface area contributed by atoms with Crippen LogP contribution in [0.5, 0.6) is 0 Å². The Bertz CT molecular complexity index is 1290. The van der Waals surface area contributed by atoms with Crippen LogP contribution in [0.15, 0.2) is 40.3 Å². The molecule has 0 saturated carbocycles. The number of benzene rings is 1. The number of nitrogens with zero attached hydrogens (tertiary/aromatic N) is 3. The monoisotopic (exact) mass is 517 g/mol. The van der Waals surface area contributed by atoms with E-state index in [0.29, 0.717) is 5.88 Å². The summed E-state index contributed by atoms with van der Waals surface area (Å²) in [6, 6.07) is 8.09. The molecule has 1 fully saturated rings. The second kappa shape index (κ2) is 11.1. The van der Waals surface area contributed by atoms with E-state index in [0.717, 1.165) is 4.90 Å². The van der Waals surface area contributed by atoms with Crippen LogP contribution in [0.3, 0.4) is 0 Å². The van der Waals surface area contributed by atoms with E-state index in [4.69, 9.17) is 18.9 Å². The van der Waals surface area contributed by atoms with Crippen molar-refractivity contribution in [3.8, 4) is 0 Å². The van der Waals surface area contributed by atoms with Gasteiger partial charge in [-0.05, 0) is 19.1 Å². The molecule has 1 aliphatic heterocycles. The van der Waals surface area contributed by atoms with Crippen molar-refractivity contribution in [2.45, 2.75) is 50.2 Å². The summed E-state index contributed by atoms with van der Waals surface area (Å²) < 4.78 is 23.7. The lowest BCUT2D eigenvalue weighted by Gasteiger charge is -2.22. The summed E-state index contributed by atoms with van der Waals surface area (Å²) in [5.41, 5.74) is 1.11. The zero-order valence-electron chi connectivity index (χ0n) is 20.2. The predicted octanol–water partition coefficient (Wildman–Crippen LogP) is 2.00. The Labute approximate surface area is 210 Å². The van der Waals surface area contributed by atoms with Gasteiger partial charge in [-0.2, -0.15) is 4.98 Å². The van der Waals surface area contributed by atoms with Crippen LogP contribution < -0.4 is 10.9 Å². The maximum Gasteiger partial charge on any atom is 0.303 e. The first-order valence-corrected chi connectivity index (χ1v) is 12.1. The van der Waals surface area contributed by atoms with Crippen LogP contribution in [0, 0.1) is 6.92 Å². The van der Waals surface area contributed by atoms with Gasteiger partial charge in [0.1, 0.15) is 18.8 Å². The van der Waals surface area contributed by atoms with Crippen LogP contribution in [0.4, 0.5) is 5.95 Å². The van der Waals surface area contributed by atoms with Gasteiger partial charge >= 0.3 is 11.9 Å². The number of aryl methyl sites for hydroxylation is 1. The normalized spacial score (nSPS) is 21.4. The van der Waals surface area contributed by atoms with Gasteiger partial charge in [0.2, 0.25) is 5.95 Å². The smallest absolute Gasteiger partial charge is 0.303 e. The highest BCUT2D eigenvalue weighted by molar-refractivity contribution is 7.99. The standard InChI is InChI=1S/C23H27N5O7S/c1-12-5-7-15(8-6-12)36-11-25-23-26-20-17(21(31)27-23)24-10-28(20)22-19(32-4)18(34-14(3)30)16(35-22)9-33-13(2)29/h5-8,10,16,18-19,22H,9,11H2,1-4H3,(H2,25,26,27,31)/t16-,18?,19+,22-/m1/s1. The summed E-state index contributed by atoms with van der Waals surface area (Å²) in [5.74, 6) is -0.320. The van der Waals surface area contributed by atoms with Gasteiger partial charge in [0.15, 0.2) is 23.5 Å². The minimum atomic E-state index is -0.861. The number of fused-ring (bicyclic) bond motifs is 1. The van der Waals surface area contributed by atoms with E-state index in [2.05, 4.69) is 20.3 Å². The molecule has 36 heavy (non-hydrogen) atoms. The number of ether oxygens (including phenoxy) is 4. The van der Waals surface area contributed by atoms with Crippen molar-refractivity contribution in [2.75, 3.05) is 24.9 Å². The summed E-state index contributed by atoms with van der Waals surface area (Å²) in [4.78, 5) is 48.2. The summed E-state index contributed by atoms with van der Waals surface area (Å²) in [5, 5.41) is 3.11. The Kier molecular flexibility index (Phi) is 7.91. The summed E-state index contributed by atoms with van der Waals surface area (Å²) in [6.45, 7) is 4.41. The molecule has 1 aromatic carbocycles. The second-order valence-electron chi connectivity index (χ2n) is 8.16. The summed E-state index contributed by atoms with van der Waals surface area (Å²) in [6.07, 6.45) is -1.88. The van der Waals surface area contributed by atoms with Gasteiger partial charge < -0.3 is 24.3 Å². The highest BCUT2D eigenvalue weighted by atomic mass is 32.2. The van der Waals surface area contributed by atoms with E-state index < -0.39 is 42.0 Å². The molecular weight excluding hydrogens is 490 g/mol. The van der Waals surface area contributed by atoms with Crippen molar-refractivity contribution in [3.63, 3.8) is 0 Å². The van der Waals surface area contributed by atoms with Crippen LogP contribution >= 0.6 is 11.8 Å². The molecule has 0 amide bonds. The molecule has 4 atom stereocenters. The van der Waals surface area contributed by atoms with Crippen molar-refractivity contribution in [1.82, 2.24) is 19.5 Å². The highest BCUT2D eigenvalue weighted by Crippen LogP contribution is 2.35. The maximum absolute atomic E-state index is 12.7. The van der Waals surface area contributed by atoms with Crippen LogP contribution in [0.25, 0.3) is 11.2 Å². The molecule has 0 aliphatic carbocycles. The average Bonchev–Trinajstić information content (AvgIpc) is 3.40. The first kappa shape index (κ1) is 25.7. The minimum absolute atomic E-state index is 0.109. The minimum Gasteiger partial charge on any atom is -0.463 e. The molecular formula is C23H27N5O7S. The number of imidazole rings is 1. The largest absolute Gasteiger partial charge is 0.463 e. The van der Waals surface area contributed by atoms with Crippen molar-refractivity contribution in [3.05, 3.63) is 46.5 Å². The molecule has 0 bridgehead atoms. The molecule has 2 N–H and O–H groups in total. The van der Waals surface area contributed by atoms with Gasteiger partial charge in [0.25, 0.3) is 5.56 Å². The predicted molar refractivity (Wildman–Crippen MR) is 131 cm³/mol. The molecule has 192 valence electrons. The maximum atomic E-state index is 12.7. The quantitative estimate of drug-likeness (QED) is 0.244. The number of anilines is 1. The van der Waals surface area contributed by atoms with Crippen LogP contribution in [-0.4, -0.2) is 69.4 Å². The number of carbonyl (C=O) groups excluding carboxylic acids is 2. The first-order chi connectivity index (χ1) is 17.3. The van der Waals surface area contributed by atoms with E-state index >= 15 is 0 Å². The van der Waals surface area contributed by atoms with Crippen molar-refractivity contribution in [2.24, 2.45) is 0 Å². The topological polar surface area (TPSA) is 147 Å². The zero-order chi connectivity index (χ0) is 25.8. The molecule has 0 radical (unpaired) electrons. The second-order valence-corrected chi connectivity index (χ2v) is 9.21. The molecule has 4 rings (SSSR count). The molecule has 1 saturated heterocycles. The van der Waals surface area contributed by atoms with E-state index in [1.54, 1.807) is 16.3 Å². The number of H-pyrrole nitrogens is 1. The van der Waals surface area contributed by atoms with Crippen molar-refractivity contribution in [1.29, 1.82) is 0 Å². The van der Waals surface area contributed by atoms with Gasteiger partial charge in [-0.1, -0.05) is 17.7 Å². The molecule has 0 spiro atoms. The number of esters is 2. The van der Waals surface area contributed by atoms with E-state index in [-0.39, 0.29) is 23.7 Å². The Hall–Kier alpha value is -3.42. The average molecular weight is 518 g/mol. The fourth-order valence-corrected chi connectivity index (χ4v) is 4.57. The van der Waals surface area contributed by atoms with Crippen LogP contribution in [0.2, 0.25) is 0 Å². The fraction of sp³-hybridized carbons (Fsp3) is 0.435. The van der Waals surface area contributed by atoms with E-state index in [9.17, 15) is 14.4 Å². The fourth-order valence-electron chi connectivity index (χ4n) is 3.87. The Balaban J connectivity index is 1.58. The van der Waals surface area contributed by atoms with Crippen molar-refractivity contribution < 1.29 is 28.5 Å². The lowest BCUT2D eigenvalue weighted by atomic mass is 10.1. The SMILES string of the molecule is CO[C@H]1C(OC(C)=O)[C@@H](COC(C)=O)O[C@H]1n1cnc2c(=O)[nH]c(NCSc3ccc(C)cc3)nc21. The third-order valence-corrected chi connectivity index (χ3v) is 6.41. The number of thioether (sulfide) groups is 1. The lowest BCUT2D eigenvalue weighted by molar-refractivity contribution is -0.157. The molecule has 3 aromatic rings. The molecule has 1 unspecified atom stereocenters. The van der Waals surface area contributed by atoms with Gasteiger partial charge in [-0.25, -0.2) is 4.98 Å². The van der Waals surface area contributed by atoms with E-state index in [1.807, 2.05) is 31.2 Å². The summed E-state index contributed by atoms with van der Waals surface area (Å²) >= 11 is 1.55. The third-order valence-electron chi connectivity index (χ3n) is 5.52. The van der Waals surface area contributed by atoms with Crippen LogP contribution in [-0.2, 0) is 28.5 Å². The number of aromatic amines is 1. The molecule has 2 aromatic heterocycles. The zero-order valence-corrected chi connectivity index (χ0v) is 21.0. The number of aromatic nitrogens is 4. The number of nitrogens with one attached hydrogen (secondary N) is 2. The third kappa shape index (κ3) is 5.69. The number of methoxy groups -OCH3 is 1. The number of carbonyl (C=O) groups is 2. The van der Waals surface area contributed by atoms with Gasteiger partial charge in [-0.3, -0.25) is 23.9 Å². The number of hydrogen-bond acceptors (Lipinski definition) is 11. The summed E-state index contributed by atoms with van der Waals surface area (Å²) in [7, 11) is 1.44. The molecule has 3 heterocycles. The van der Waals surface area contributed by atoms with Gasteiger partial charge in [0.05, 0.1) is 12.2 Å².